The number of hydrazine groups is 1. The lowest BCUT2D eigenvalue weighted by Gasteiger charge is -2.16. The molecule has 0 spiro atoms. The fraction of sp³-hybridized carbons (Fsp3) is 0.429. The van der Waals surface area contributed by atoms with Crippen molar-refractivity contribution in [2.75, 3.05) is 7.05 Å². The van der Waals surface area contributed by atoms with Gasteiger partial charge >= 0.3 is 0 Å². The molecule has 0 aliphatic carbocycles. The molecule has 0 aliphatic heterocycles. The van der Waals surface area contributed by atoms with Crippen LogP contribution in [-0.2, 0) is 4.79 Å². The van der Waals surface area contributed by atoms with Crippen molar-refractivity contribution in [2.45, 2.75) is 32.8 Å². The van der Waals surface area contributed by atoms with Gasteiger partial charge in [0.25, 0.3) is 5.91 Å². The van der Waals surface area contributed by atoms with Crippen LogP contribution in [0.5, 0.6) is 5.75 Å². The molecule has 0 saturated heterocycles. The van der Waals surface area contributed by atoms with Crippen LogP contribution >= 0.6 is 12.2 Å². The molecule has 5 nitrogen and oxygen atoms in total. The molecule has 20 heavy (non-hydrogen) atoms. The zero-order chi connectivity index (χ0) is 15.1. The van der Waals surface area contributed by atoms with E-state index in [0.29, 0.717) is 16.8 Å². The van der Waals surface area contributed by atoms with Crippen molar-refractivity contribution in [2.24, 2.45) is 0 Å². The molecule has 0 fully saturated rings. The zero-order valence-electron chi connectivity index (χ0n) is 12.2. The standard InChI is InChI=1S/C14H21N3O2S/c1-9(2)11-5-7-12(8-6-11)19-10(3)13(18)16-17-14(20)15-4/h5-10H,1-4H3,(H,16,18)(H2,15,17,20). The predicted octanol–water partition coefficient (Wildman–Crippen LogP) is 1.70. The van der Waals surface area contributed by atoms with E-state index in [2.05, 4.69) is 30.0 Å². The highest BCUT2D eigenvalue weighted by Crippen LogP contribution is 2.19. The monoisotopic (exact) mass is 295 g/mol. The van der Waals surface area contributed by atoms with Crippen LogP contribution in [-0.4, -0.2) is 24.2 Å². The van der Waals surface area contributed by atoms with E-state index >= 15 is 0 Å². The van der Waals surface area contributed by atoms with Gasteiger partial charge in [-0.1, -0.05) is 26.0 Å². The molecule has 1 aromatic rings. The van der Waals surface area contributed by atoms with Gasteiger partial charge in [-0.25, -0.2) is 0 Å². The van der Waals surface area contributed by atoms with Crippen LogP contribution in [0.2, 0.25) is 0 Å². The minimum atomic E-state index is -0.618. The Kier molecular flexibility index (Phi) is 6.24. The average molecular weight is 295 g/mol. The maximum atomic E-state index is 11.8. The fourth-order valence-electron chi connectivity index (χ4n) is 1.47. The SMILES string of the molecule is CNC(=S)NNC(=O)C(C)Oc1ccc(C(C)C)cc1. The number of amides is 1. The summed E-state index contributed by atoms with van der Waals surface area (Å²) in [6, 6.07) is 7.73. The molecule has 0 heterocycles. The van der Waals surface area contributed by atoms with E-state index in [4.69, 9.17) is 17.0 Å². The van der Waals surface area contributed by atoms with Crippen molar-refractivity contribution in [1.29, 1.82) is 0 Å². The van der Waals surface area contributed by atoms with E-state index in [9.17, 15) is 4.79 Å². The number of carbonyl (C=O) groups excluding carboxylic acids is 1. The Morgan fingerprint density at radius 3 is 2.25 bits per heavy atom. The Labute approximate surface area is 125 Å². The summed E-state index contributed by atoms with van der Waals surface area (Å²) in [6.07, 6.45) is -0.618. The third kappa shape index (κ3) is 5.05. The van der Waals surface area contributed by atoms with Gasteiger partial charge < -0.3 is 10.1 Å². The summed E-state index contributed by atoms with van der Waals surface area (Å²) in [5.74, 6) is 0.834. The smallest absolute Gasteiger partial charge is 0.279 e. The summed E-state index contributed by atoms with van der Waals surface area (Å²) in [6.45, 7) is 5.93. The van der Waals surface area contributed by atoms with E-state index < -0.39 is 6.10 Å². The highest BCUT2D eigenvalue weighted by Gasteiger charge is 2.14. The van der Waals surface area contributed by atoms with Gasteiger partial charge in [-0.05, 0) is 42.8 Å². The Hall–Kier alpha value is -1.82. The molecule has 110 valence electrons. The van der Waals surface area contributed by atoms with Gasteiger partial charge in [-0.2, -0.15) is 0 Å². The first-order valence-electron chi connectivity index (χ1n) is 6.48. The largest absolute Gasteiger partial charge is 0.481 e. The maximum absolute atomic E-state index is 11.8. The predicted molar refractivity (Wildman–Crippen MR) is 83.6 cm³/mol. The van der Waals surface area contributed by atoms with Gasteiger partial charge in [0, 0.05) is 7.05 Å². The lowest BCUT2D eigenvalue weighted by molar-refractivity contribution is -0.127. The van der Waals surface area contributed by atoms with E-state index in [-0.39, 0.29) is 5.91 Å². The van der Waals surface area contributed by atoms with Gasteiger partial charge in [-0.15, -0.1) is 0 Å². The maximum Gasteiger partial charge on any atom is 0.279 e. The van der Waals surface area contributed by atoms with Crippen molar-refractivity contribution in [1.82, 2.24) is 16.2 Å². The minimum absolute atomic E-state index is 0.296. The van der Waals surface area contributed by atoms with Crippen LogP contribution in [0.3, 0.4) is 0 Å². The minimum Gasteiger partial charge on any atom is -0.481 e. The molecule has 1 atom stereocenters. The zero-order valence-corrected chi connectivity index (χ0v) is 13.0. The summed E-state index contributed by atoms with van der Waals surface area (Å²) < 4.78 is 5.56. The molecule has 1 amide bonds. The van der Waals surface area contributed by atoms with Crippen molar-refractivity contribution < 1.29 is 9.53 Å². The molecule has 0 aliphatic rings. The molecule has 6 heteroatoms. The Bertz CT molecular complexity index is 460. The van der Waals surface area contributed by atoms with E-state index in [1.54, 1.807) is 14.0 Å². The highest BCUT2D eigenvalue weighted by atomic mass is 32.1. The normalized spacial score (nSPS) is 11.7. The van der Waals surface area contributed by atoms with Gasteiger partial charge in [0.2, 0.25) is 0 Å². The quantitative estimate of drug-likeness (QED) is 0.583. The third-order valence-electron chi connectivity index (χ3n) is 2.76. The second-order valence-electron chi connectivity index (χ2n) is 4.68. The summed E-state index contributed by atoms with van der Waals surface area (Å²) in [5, 5.41) is 3.03. The first-order chi connectivity index (χ1) is 9.43. The van der Waals surface area contributed by atoms with Gasteiger partial charge in [0.15, 0.2) is 11.2 Å². The van der Waals surface area contributed by atoms with Gasteiger partial charge in [-0.3, -0.25) is 15.6 Å². The number of hydrogen-bond donors (Lipinski definition) is 3. The number of nitrogens with one attached hydrogen (secondary N) is 3. The van der Waals surface area contributed by atoms with Gasteiger partial charge in [0.1, 0.15) is 5.75 Å². The number of hydrogen-bond acceptors (Lipinski definition) is 3. The summed E-state index contributed by atoms with van der Waals surface area (Å²) in [7, 11) is 1.66. The van der Waals surface area contributed by atoms with Crippen molar-refractivity contribution in [3.63, 3.8) is 0 Å². The number of thiocarbonyl (C=S) groups is 1. The topological polar surface area (TPSA) is 62.4 Å². The highest BCUT2D eigenvalue weighted by molar-refractivity contribution is 7.80. The average Bonchev–Trinajstić information content (AvgIpc) is 2.44. The third-order valence-corrected chi connectivity index (χ3v) is 3.06. The molecule has 1 aromatic carbocycles. The van der Waals surface area contributed by atoms with Gasteiger partial charge in [0.05, 0.1) is 0 Å². The first-order valence-corrected chi connectivity index (χ1v) is 6.89. The number of ether oxygens (including phenoxy) is 1. The molecule has 0 bridgehead atoms. The molecule has 0 aromatic heterocycles. The Balaban J connectivity index is 2.50. The van der Waals surface area contributed by atoms with Crippen LogP contribution in [0.15, 0.2) is 24.3 Å². The molecule has 0 saturated carbocycles. The number of rotatable bonds is 4. The van der Waals surface area contributed by atoms with Crippen LogP contribution in [0.25, 0.3) is 0 Å². The summed E-state index contributed by atoms with van der Waals surface area (Å²) >= 11 is 4.85. The molecule has 1 rings (SSSR count). The van der Waals surface area contributed by atoms with Crippen LogP contribution < -0.4 is 20.9 Å². The molecule has 3 N–H and O–H groups in total. The first kappa shape index (κ1) is 16.2. The fourth-order valence-corrected chi connectivity index (χ4v) is 1.52. The molecular weight excluding hydrogens is 274 g/mol. The number of carbonyl (C=O) groups is 1. The van der Waals surface area contributed by atoms with E-state index in [1.807, 2.05) is 24.3 Å². The van der Waals surface area contributed by atoms with Crippen molar-refractivity contribution in [3.8, 4) is 5.75 Å². The summed E-state index contributed by atoms with van der Waals surface area (Å²) in [5.41, 5.74) is 6.26. The Morgan fingerprint density at radius 1 is 1.15 bits per heavy atom. The summed E-state index contributed by atoms with van der Waals surface area (Å²) in [4.78, 5) is 11.8. The van der Waals surface area contributed by atoms with Crippen molar-refractivity contribution in [3.05, 3.63) is 29.8 Å². The second kappa shape index (κ2) is 7.69. The van der Waals surface area contributed by atoms with E-state index in [1.165, 1.54) is 5.56 Å². The second-order valence-corrected chi connectivity index (χ2v) is 5.09. The van der Waals surface area contributed by atoms with Crippen LogP contribution in [0.4, 0.5) is 0 Å². The van der Waals surface area contributed by atoms with Crippen molar-refractivity contribution >= 4 is 23.2 Å². The van der Waals surface area contributed by atoms with E-state index in [0.717, 1.165) is 0 Å². The molecule has 1 unspecified atom stereocenters. The van der Waals surface area contributed by atoms with Crippen LogP contribution in [0.1, 0.15) is 32.3 Å². The molecule has 0 radical (unpaired) electrons. The molecular formula is C14H21N3O2S. The lowest BCUT2D eigenvalue weighted by Crippen LogP contribution is -2.49. The lowest BCUT2D eigenvalue weighted by atomic mass is 10.0. The van der Waals surface area contributed by atoms with Crippen LogP contribution in [0, 0.1) is 0 Å². The Morgan fingerprint density at radius 2 is 1.75 bits per heavy atom. The number of benzene rings is 1.